The quantitative estimate of drug-likeness (QED) is 0.477. The summed E-state index contributed by atoms with van der Waals surface area (Å²) in [6, 6.07) is 10.1. The first-order chi connectivity index (χ1) is 16.5. The number of rotatable bonds is 6. The molecule has 0 amide bonds. The van der Waals surface area contributed by atoms with E-state index in [0.717, 1.165) is 43.4 Å². The standard InChI is InChI=1S/C25H29F3N4OS/c1-2-33-21(19-9-6-12-29-19)17-10-13-32(14-11-17)22-20-18(16-7-4-3-5-8-16)15-34-23(20)31-24(30-22)25(26,27)28/h3-5,7-8,15,17,19,21,29H,2,6,9-14H2,1H3. The van der Waals surface area contributed by atoms with Gasteiger partial charge in [-0.2, -0.15) is 13.2 Å². The predicted molar refractivity (Wildman–Crippen MR) is 129 cm³/mol. The van der Waals surface area contributed by atoms with Gasteiger partial charge in [-0.1, -0.05) is 30.3 Å². The Bertz CT molecular complexity index is 1110. The van der Waals surface area contributed by atoms with Crippen molar-refractivity contribution in [2.75, 3.05) is 31.1 Å². The average molecular weight is 491 g/mol. The van der Waals surface area contributed by atoms with Crippen LogP contribution in [-0.4, -0.2) is 48.4 Å². The summed E-state index contributed by atoms with van der Waals surface area (Å²) in [6.45, 7) is 5.00. The van der Waals surface area contributed by atoms with Crippen LogP contribution in [0.4, 0.5) is 19.0 Å². The zero-order valence-corrected chi connectivity index (χ0v) is 20.0. The first kappa shape index (κ1) is 23.5. The fraction of sp³-hybridized carbons (Fsp3) is 0.520. The highest BCUT2D eigenvalue weighted by Gasteiger charge is 2.38. The number of hydrogen-bond acceptors (Lipinski definition) is 6. The molecule has 3 aromatic rings. The number of nitrogens with zero attached hydrogens (tertiary/aromatic N) is 3. The molecule has 4 heterocycles. The van der Waals surface area contributed by atoms with E-state index in [9.17, 15) is 13.2 Å². The second kappa shape index (κ2) is 9.79. The lowest BCUT2D eigenvalue weighted by Crippen LogP contribution is -2.46. The average Bonchev–Trinajstić information content (AvgIpc) is 3.52. The molecule has 0 spiro atoms. The van der Waals surface area contributed by atoms with E-state index in [1.165, 1.54) is 11.3 Å². The minimum Gasteiger partial charge on any atom is -0.377 e. The Hall–Kier alpha value is -2.23. The van der Waals surface area contributed by atoms with Crippen molar-refractivity contribution in [1.82, 2.24) is 15.3 Å². The van der Waals surface area contributed by atoms with Crippen LogP contribution in [0, 0.1) is 5.92 Å². The summed E-state index contributed by atoms with van der Waals surface area (Å²) in [5.41, 5.74) is 1.84. The number of ether oxygens (including phenoxy) is 1. The molecule has 2 fully saturated rings. The molecule has 0 aliphatic carbocycles. The molecule has 5 nitrogen and oxygen atoms in total. The molecule has 2 aromatic heterocycles. The smallest absolute Gasteiger partial charge is 0.377 e. The Morgan fingerprint density at radius 1 is 1.15 bits per heavy atom. The number of aromatic nitrogens is 2. The Morgan fingerprint density at radius 2 is 1.91 bits per heavy atom. The summed E-state index contributed by atoms with van der Waals surface area (Å²) in [5, 5.41) is 6.17. The third kappa shape index (κ3) is 4.65. The van der Waals surface area contributed by atoms with Crippen LogP contribution in [-0.2, 0) is 10.9 Å². The van der Waals surface area contributed by atoms with E-state index in [-0.39, 0.29) is 6.10 Å². The van der Waals surface area contributed by atoms with Gasteiger partial charge in [0.1, 0.15) is 10.6 Å². The number of anilines is 1. The molecule has 1 N–H and O–H groups in total. The van der Waals surface area contributed by atoms with Gasteiger partial charge < -0.3 is 15.0 Å². The van der Waals surface area contributed by atoms with Gasteiger partial charge in [0.15, 0.2) is 0 Å². The maximum Gasteiger partial charge on any atom is 0.451 e. The van der Waals surface area contributed by atoms with Gasteiger partial charge in [-0.15, -0.1) is 11.3 Å². The third-order valence-corrected chi connectivity index (χ3v) is 7.78. The van der Waals surface area contributed by atoms with Crippen molar-refractivity contribution >= 4 is 27.4 Å². The molecule has 2 atom stereocenters. The second-order valence-electron chi connectivity index (χ2n) is 9.01. The summed E-state index contributed by atoms with van der Waals surface area (Å²) in [6.07, 6.45) is -0.450. The highest BCUT2D eigenvalue weighted by molar-refractivity contribution is 7.17. The Balaban J connectivity index is 1.47. The van der Waals surface area contributed by atoms with Crippen LogP contribution in [0.3, 0.4) is 0 Å². The lowest BCUT2D eigenvalue weighted by atomic mass is 9.86. The fourth-order valence-electron chi connectivity index (χ4n) is 5.31. The first-order valence-electron chi connectivity index (χ1n) is 12.0. The molecule has 5 rings (SSSR count). The topological polar surface area (TPSA) is 50.3 Å². The normalized spacial score (nSPS) is 20.8. The zero-order valence-electron chi connectivity index (χ0n) is 19.1. The maximum absolute atomic E-state index is 13.7. The summed E-state index contributed by atoms with van der Waals surface area (Å²) in [5.74, 6) is -0.300. The Labute approximate surface area is 201 Å². The number of alkyl halides is 3. The molecule has 9 heteroatoms. The highest BCUT2D eigenvalue weighted by Crippen LogP contribution is 2.41. The van der Waals surface area contributed by atoms with Gasteiger partial charge in [0, 0.05) is 36.7 Å². The molecule has 0 saturated carbocycles. The number of piperidine rings is 1. The Kier molecular flexibility index (Phi) is 6.77. The fourth-order valence-corrected chi connectivity index (χ4v) is 6.26. The summed E-state index contributed by atoms with van der Waals surface area (Å²) in [4.78, 5) is 10.4. The van der Waals surface area contributed by atoms with Crippen LogP contribution in [0.1, 0.15) is 38.4 Å². The predicted octanol–water partition coefficient (Wildman–Crippen LogP) is 5.75. The molecule has 2 aliphatic heterocycles. The maximum atomic E-state index is 13.7. The number of nitrogens with one attached hydrogen (secondary N) is 1. The molecule has 0 bridgehead atoms. The van der Waals surface area contributed by atoms with E-state index in [0.29, 0.717) is 47.7 Å². The van der Waals surface area contributed by atoms with E-state index in [1.807, 2.05) is 47.5 Å². The van der Waals surface area contributed by atoms with Gasteiger partial charge in [0.25, 0.3) is 0 Å². The van der Waals surface area contributed by atoms with Crippen LogP contribution in [0.15, 0.2) is 35.7 Å². The van der Waals surface area contributed by atoms with Gasteiger partial charge in [-0.25, -0.2) is 9.97 Å². The zero-order chi connectivity index (χ0) is 23.7. The van der Waals surface area contributed by atoms with Gasteiger partial charge in [-0.3, -0.25) is 0 Å². The minimum atomic E-state index is -4.59. The second-order valence-corrected chi connectivity index (χ2v) is 9.87. The van der Waals surface area contributed by atoms with E-state index in [4.69, 9.17) is 4.74 Å². The van der Waals surface area contributed by atoms with E-state index < -0.39 is 12.0 Å². The highest BCUT2D eigenvalue weighted by atomic mass is 32.1. The van der Waals surface area contributed by atoms with Crippen molar-refractivity contribution in [3.8, 4) is 11.1 Å². The molecular formula is C25H29F3N4OS. The molecule has 2 aliphatic rings. The van der Waals surface area contributed by atoms with Crippen molar-refractivity contribution in [2.45, 2.75) is 50.9 Å². The van der Waals surface area contributed by atoms with Crippen LogP contribution in [0.25, 0.3) is 21.3 Å². The van der Waals surface area contributed by atoms with Crippen LogP contribution >= 0.6 is 11.3 Å². The third-order valence-electron chi connectivity index (χ3n) is 6.91. The van der Waals surface area contributed by atoms with Crippen LogP contribution < -0.4 is 10.2 Å². The van der Waals surface area contributed by atoms with Crippen molar-refractivity contribution < 1.29 is 17.9 Å². The monoisotopic (exact) mass is 490 g/mol. The number of halogens is 3. The van der Waals surface area contributed by atoms with Gasteiger partial charge in [-0.05, 0) is 50.6 Å². The summed E-state index contributed by atoms with van der Waals surface area (Å²) < 4.78 is 47.1. The SMILES string of the molecule is CCOC(C1CCN(c2nc(C(F)(F)F)nc3scc(-c4ccccc4)c23)CC1)C1CCCN1. The van der Waals surface area contributed by atoms with Crippen LogP contribution in [0.2, 0.25) is 0 Å². The first-order valence-corrected chi connectivity index (χ1v) is 12.9. The van der Waals surface area contributed by atoms with Gasteiger partial charge in [0.05, 0.1) is 11.5 Å². The Morgan fingerprint density at radius 3 is 2.56 bits per heavy atom. The number of hydrogen-bond donors (Lipinski definition) is 1. The lowest BCUT2D eigenvalue weighted by Gasteiger charge is -2.39. The van der Waals surface area contributed by atoms with Gasteiger partial charge in [0.2, 0.25) is 5.82 Å². The van der Waals surface area contributed by atoms with Gasteiger partial charge >= 0.3 is 6.18 Å². The van der Waals surface area contributed by atoms with E-state index in [2.05, 4.69) is 15.3 Å². The van der Waals surface area contributed by atoms with Crippen molar-refractivity contribution in [3.63, 3.8) is 0 Å². The van der Waals surface area contributed by atoms with Crippen molar-refractivity contribution in [1.29, 1.82) is 0 Å². The number of thiophene rings is 1. The largest absolute Gasteiger partial charge is 0.451 e. The molecule has 182 valence electrons. The summed E-state index contributed by atoms with van der Waals surface area (Å²) in [7, 11) is 0. The van der Waals surface area contributed by atoms with Crippen molar-refractivity contribution in [3.05, 3.63) is 41.5 Å². The number of fused-ring (bicyclic) bond motifs is 1. The molecule has 2 unspecified atom stereocenters. The minimum absolute atomic E-state index is 0.145. The van der Waals surface area contributed by atoms with Crippen molar-refractivity contribution in [2.24, 2.45) is 5.92 Å². The number of benzene rings is 1. The lowest BCUT2D eigenvalue weighted by molar-refractivity contribution is -0.144. The molecular weight excluding hydrogens is 461 g/mol. The summed E-state index contributed by atoms with van der Waals surface area (Å²) >= 11 is 1.24. The van der Waals surface area contributed by atoms with E-state index >= 15 is 0 Å². The molecule has 34 heavy (non-hydrogen) atoms. The molecule has 1 aromatic carbocycles. The van der Waals surface area contributed by atoms with E-state index in [1.54, 1.807) is 0 Å². The molecule has 0 radical (unpaired) electrons. The molecule has 2 saturated heterocycles. The van der Waals surface area contributed by atoms with Crippen LogP contribution in [0.5, 0.6) is 0 Å².